The minimum atomic E-state index is -0.885. The first-order valence-electron chi connectivity index (χ1n) is 10.8. The maximum absolute atomic E-state index is 12.1. The van der Waals surface area contributed by atoms with Crippen LogP contribution in [-0.4, -0.2) is 37.7 Å². The lowest BCUT2D eigenvalue weighted by molar-refractivity contribution is -0.139. The zero-order valence-corrected chi connectivity index (χ0v) is 19.4. The molecule has 3 aromatic rings. The molecule has 0 radical (unpaired) electrons. The highest BCUT2D eigenvalue weighted by atomic mass is 16.5. The Hall–Kier alpha value is -4.66. The van der Waals surface area contributed by atoms with E-state index in [9.17, 15) is 14.4 Å². The fourth-order valence-corrected chi connectivity index (χ4v) is 2.93. The monoisotopic (exact) mass is 474 g/mol. The lowest BCUT2D eigenvalue weighted by atomic mass is 10.1. The number of aryl methyl sites for hydroxylation is 1. The molecular weight excluding hydrogens is 448 g/mol. The number of hydrazone groups is 1. The molecule has 3 amide bonds. The third kappa shape index (κ3) is 8.01. The van der Waals surface area contributed by atoms with Gasteiger partial charge in [-0.25, -0.2) is 5.43 Å². The van der Waals surface area contributed by atoms with Crippen molar-refractivity contribution in [2.24, 2.45) is 5.10 Å². The quantitative estimate of drug-likeness (QED) is 0.250. The number of ether oxygens (including phenoxy) is 2. The zero-order chi connectivity index (χ0) is 25.0. The topological polar surface area (TPSA) is 118 Å². The molecule has 9 nitrogen and oxygen atoms in total. The van der Waals surface area contributed by atoms with Gasteiger partial charge in [-0.2, -0.15) is 5.10 Å². The summed E-state index contributed by atoms with van der Waals surface area (Å²) in [6, 6.07) is 21.6. The lowest BCUT2D eigenvalue weighted by Gasteiger charge is -2.11. The smallest absolute Gasteiger partial charge is 0.329 e. The highest BCUT2D eigenvalue weighted by molar-refractivity contribution is 6.35. The molecule has 0 heterocycles. The number of carbonyl (C=O) groups excluding carboxylic acids is 3. The third-order valence-electron chi connectivity index (χ3n) is 4.76. The van der Waals surface area contributed by atoms with E-state index in [4.69, 9.17) is 9.47 Å². The van der Waals surface area contributed by atoms with Gasteiger partial charge in [0.2, 0.25) is 0 Å². The Morgan fingerprint density at radius 1 is 0.914 bits per heavy atom. The van der Waals surface area contributed by atoms with Gasteiger partial charge in [0.05, 0.1) is 13.3 Å². The van der Waals surface area contributed by atoms with Crippen LogP contribution in [0, 0.1) is 6.92 Å². The number of carbonyl (C=O) groups is 3. The number of anilines is 1. The molecule has 0 aliphatic heterocycles. The summed E-state index contributed by atoms with van der Waals surface area (Å²) in [5.74, 6) is -1.24. The summed E-state index contributed by atoms with van der Waals surface area (Å²) in [5, 5.41) is 9.08. The van der Waals surface area contributed by atoms with Gasteiger partial charge in [0, 0.05) is 12.2 Å². The molecule has 0 atom stereocenters. The average molecular weight is 475 g/mol. The first-order valence-corrected chi connectivity index (χ1v) is 10.8. The number of benzene rings is 3. The van der Waals surface area contributed by atoms with Crippen LogP contribution in [0.5, 0.6) is 11.5 Å². The number of amides is 3. The second-order valence-electron chi connectivity index (χ2n) is 7.48. The molecular formula is C26H26N4O5. The summed E-state index contributed by atoms with van der Waals surface area (Å²) in [5.41, 5.74) is 5.43. The lowest BCUT2D eigenvalue weighted by Crippen LogP contribution is -2.37. The zero-order valence-electron chi connectivity index (χ0n) is 19.4. The molecule has 3 rings (SSSR count). The van der Waals surface area contributed by atoms with Crippen LogP contribution in [0.2, 0.25) is 0 Å². The Kier molecular flexibility index (Phi) is 8.95. The average Bonchev–Trinajstić information content (AvgIpc) is 2.87. The normalized spacial score (nSPS) is 10.5. The highest BCUT2D eigenvalue weighted by Gasteiger charge is 2.12. The first-order chi connectivity index (χ1) is 16.9. The van der Waals surface area contributed by atoms with Gasteiger partial charge in [0.15, 0.2) is 18.1 Å². The van der Waals surface area contributed by atoms with Crippen LogP contribution in [0.1, 0.15) is 16.7 Å². The molecule has 0 unspecified atom stereocenters. The van der Waals surface area contributed by atoms with E-state index < -0.39 is 11.8 Å². The van der Waals surface area contributed by atoms with E-state index in [1.807, 2.05) is 49.4 Å². The molecule has 180 valence electrons. The van der Waals surface area contributed by atoms with Gasteiger partial charge in [-0.3, -0.25) is 14.4 Å². The summed E-state index contributed by atoms with van der Waals surface area (Å²) < 4.78 is 10.9. The van der Waals surface area contributed by atoms with Crippen molar-refractivity contribution in [2.45, 2.75) is 13.5 Å². The predicted molar refractivity (Wildman–Crippen MR) is 132 cm³/mol. The second kappa shape index (κ2) is 12.5. The van der Waals surface area contributed by atoms with Crippen molar-refractivity contribution in [2.75, 3.05) is 19.0 Å². The molecule has 0 aliphatic carbocycles. The van der Waals surface area contributed by atoms with E-state index in [1.54, 1.807) is 30.3 Å². The van der Waals surface area contributed by atoms with Crippen molar-refractivity contribution < 1.29 is 23.9 Å². The van der Waals surface area contributed by atoms with Gasteiger partial charge < -0.3 is 20.1 Å². The van der Waals surface area contributed by atoms with Crippen molar-refractivity contribution in [3.63, 3.8) is 0 Å². The Balaban J connectivity index is 1.48. The van der Waals surface area contributed by atoms with Gasteiger partial charge in [-0.05, 0) is 48.4 Å². The van der Waals surface area contributed by atoms with Crippen molar-refractivity contribution in [1.29, 1.82) is 0 Å². The highest BCUT2D eigenvalue weighted by Crippen LogP contribution is 2.27. The van der Waals surface area contributed by atoms with E-state index in [1.165, 1.54) is 13.3 Å². The molecule has 3 N–H and O–H groups in total. The van der Waals surface area contributed by atoms with Crippen LogP contribution in [0.3, 0.4) is 0 Å². The van der Waals surface area contributed by atoms with Gasteiger partial charge in [0.1, 0.15) is 0 Å². The number of rotatable bonds is 9. The number of hydrogen-bond donors (Lipinski definition) is 3. The summed E-state index contributed by atoms with van der Waals surface area (Å²) in [7, 11) is 1.47. The molecule has 0 saturated carbocycles. The maximum Gasteiger partial charge on any atom is 0.329 e. The van der Waals surface area contributed by atoms with Crippen molar-refractivity contribution >= 4 is 29.6 Å². The fourth-order valence-electron chi connectivity index (χ4n) is 2.93. The molecule has 35 heavy (non-hydrogen) atoms. The van der Waals surface area contributed by atoms with Gasteiger partial charge in [0.25, 0.3) is 5.91 Å². The number of para-hydroxylation sites is 1. The molecule has 0 saturated heterocycles. The molecule has 0 bridgehead atoms. The Morgan fingerprint density at radius 2 is 1.66 bits per heavy atom. The number of hydrogen-bond acceptors (Lipinski definition) is 6. The molecule has 9 heteroatoms. The first kappa shape index (κ1) is 25.0. The third-order valence-corrected chi connectivity index (χ3v) is 4.76. The summed E-state index contributed by atoms with van der Waals surface area (Å²) >= 11 is 0. The van der Waals surface area contributed by atoms with Crippen molar-refractivity contribution in [3.05, 3.63) is 89.5 Å². The standard InChI is InChI=1S/C26H26N4O5/c1-18-8-10-19(11-9-18)15-27-25(32)26(33)30-28-16-20-12-13-22(23(14-20)34-2)35-17-24(31)29-21-6-4-3-5-7-21/h3-14,16H,15,17H2,1-2H3,(H,27,32)(H,29,31)(H,30,33)/b28-16-. The van der Waals surface area contributed by atoms with Gasteiger partial charge in [-0.15, -0.1) is 0 Å². The van der Waals surface area contributed by atoms with Crippen molar-refractivity contribution in [1.82, 2.24) is 10.7 Å². The Labute approximate surface area is 203 Å². The molecule has 3 aromatic carbocycles. The van der Waals surface area contributed by atoms with E-state index >= 15 is 0 Å². The largest absolute Gasteiger partial charge is 0.493 e. The van der Waals surface area contributed by atoms with Gasteiger partial charge >= 0.3 is 11.8 Å². The van der Waals surface area contributed by atoms with E-state index in [-0.39, 0.29) is 19.1 Å². The molecule has 0 aromatic heterocycles. The second-order valence-corrected chi connectivity index (χ2v) is 7.48. The number of nitrogens with zero attached hydrogens (tertiary/aromatic N) is 1. The van der Waals surface area contributed by atoms with Crippen LogP contribution in [0.25, 0.3) is 0 Å². The molecule has 0 fully saturated rings. The maximum atomic E-state index is 12.1. The minimum Gasteiger partial charge on any atom is -0.493 e. The van der Waals surface area contributed by atoms with E-state index in [2.05, 4.69) is 21.2 Å². The van der Waals surface area contributed by atoms with E-state index in [0.717, 1.165) is 11.1 Å². The summed E-state index contributed by atoms with van der Waals surface area (Å²) in [6.45, 7) is 2.00. The predicted octanol–water partition coefficient (Wildman–Crippen LogP) is 2.79. The van der Waals surface area contributed by atoms with Crippen LogP contribution in [0.4, 0.5) is 5.69 Å². The fraction of sp³-hybridized carbons (Fsp3) is 0.154. The number of methoxy groups -OCH3 is 1. The van der Waals surface area contributed by atoms with Crippen LogP contribution in [0.15, 0.2) is 77.9 Å². The minimum absolute atomic E-state index is 0.202. The van der Waals surface area contributed by atoms with Crippen LogP contribution >= 0.6 is 0 Å². The molecule has 0 spiro atoms. The number of nitrogens with one attached hydrogen (secondary N) is 3. The Bertz CT molecular complexity index is 1190. The van der Waals surface area contributed by atoms with Gasteiger partial charge in [-0.1, -0.05) is 48.0 Å². The Morgan fingerprint density at radius 3 is 2.37 bits per heavy atom. The van der Waals surface area contributed by atoms with E-state index in [0.29, 0.717) is 22.7 Å². The van der Waals surface area contributed by atoms with Crippen LogP contribution < -0.4 is 25.5 Å². The van der Waals surface area contributed by atoms with Crippen molar-refractivity contribution in [3.8, 4) is 11.5 Å². The summed E-state index contributed by atoms with van der Waals surface area (Å²) in [6.07, 6.45) is 1.36. The molecule has 0 aliphatic rings. The SMILES string of the molecule is COc1cc(/C=N\NC(=O)C(=O)NCc2ccc(C)cc2)ccc1OCC(=O)Nc1ccccc1. The summed E-state index contributed by atoms with van der Waals surface area (Å²) in [4.78, 5) is 36.0. The van der Waals surface area contributed by atoms with Crippen LogP contribution in [-0.2, 0) is 20.9 Å².